The summed E-state index contributed by atoms with van der Waals surface area (Å²) in [6.07, 6.45) is 2.79. The van der Waals surface area contributed by atoms with Crippen LogP contribution < -0.4 is 0 Å². The van der Waals surface area contributed by atoms with E-state index in [0.29, 0.717) is 6.61 Å². The molecule has 0 heterocycles. The van der Waals surface area contributed by atoms with Gasteiger partial charge in [-0.25, -0.2) is 0 Å². The van der Waals surface area contributed by atoms with Crippen molar-refractivity contribution in [3.63, 3.8) is 0 Å². The van der Waals surface area contributed by atoms with Crippen molar-refractivity contribution in [2.24, 2.45) is 10.8 Å². The number of hydrogen-bond acceptors (Lipinski definition) is 3. The fraction of sp³-hybridized carbons (Fsp3) is 0.933. The minimum Gasteiger partial charge on any atom is -0.464 e. The normalized spacial score (nSPS) is 15.6. The summed E-state index contributed by atoms with van der Waals surface area (Å²) in [7, 11) is 3.96. The highest BCUT2D eigenvalue weighted by Gasteiger charge is 2.37. The van der Waals surface area contributed by atoms with Crippen molar-refractivity contribution in [2.75, 3.05) is 27.2 Å². The van der Waals surface area contributed by atoms with Gasteiger partial charge in [-0.2, -0.15) is 0 Å². The largest absolute Gasteiger partial charge is 0.464 e. The number of rotatable bonds is 8. The maximum absolute atomic E-state index is 12.2. The Labute approximate surface area is 113 Å². The lowest BCUT2D eigenvalue weighted by Gasteiger charge is -2.34. The second-order valence-corrected chi connectivity index (χ2v) is 6.55. The van der Waals surface area contributed by atoms with Gasteiger partial charge in [0, 0.05) is 6.54 Å². The lowest BCUT2D eigenvalue weighted by molar-refractivity contribution is -0.157. The number of esters is 1. The van der Waals surface area contributed by atoms with Crippen molar-refractivity contribution in [1.82, 2.24) is 4.90 Å². The van der Waals surface area contributed by atoms with Gasteiger partial charge in [0.05, 0.1) is 5.41 Å². The lowest BCUT2D eigenvalue weighted by atomic mass is 9.71. The SMILES string of the molecule is CCC(C)(C)CC(C)(CC)C(=O)OCCN(C)C. The summed E-state index contributed by atoms with van der Waals surface area (Å²) in [5.41, 5.74) is -0.169. The molecule has 0 amide bonds. The van der Waals surface area contributed by atoms with E-state index in [2.05, 4.69) is 27.7 Å². The zero-order valence-electron chi connectivity index (χ0n) is 13.3. The number of hydrogen-bond donors (Lipinski definition) is 0. The maximum Gasteiger partial charge on any atom is 0.311 e. The summed E-state index contributed by atoms with van der Waals surface area (Å²) in [6.45, 7) is 12.0. The molecule has 0 aromatic rings. The van der Waals surface area contributed by atoms with Gasteiger partial charge >= 0.3 is 5.97 Å². The zero-order valence-corrected chi connectivity index (χ0v) is 13.3. The first kappa shape index (κ1) is 17.4. The number of ether oxygens (including phenoxy) is 1. The molecule has 108 valence electrons. The molecule has 0 rings (SSSR count). The Hall–Kier alpha value is -0.570. The van der Waals surface area contributed by atoms with Crippen molar-refractivity contribution in [3.8, 4) is 0 Å². The Morgan fingerprint density at radius 3 is 2.06 bits per heavy atom. The fourth-order valence-electron chi connectivity index (χ4n) is 2.02. The highest BCUT2D eigenvalue weighted by molar-refractivity contribution is 5.76. The van der Waals surface area contributed by atoms with Crippen molar-refractivity contribution in [1.29, 1.82) is 0 Å². The molecule has 0 bridgehead atoms. The van der Waals surface area contributed by atoms with E-state index < -0.39 is 0 Å². The molecule has 18 heavy (non-hydrogen) atoms. The quantitative estimate of drug-likeness (QED) is 0.625. The number of nitrogens with zero attached hydrogens (tertiary/aromatic N) is 1. The second-order valence-electron chi connectivity index (χ2n) is 6.55. The summed E-state index contributed by atoms with van der Waals surface area (Å²) < 4.78 is 5.42. The van der Waals surface area contributed by atoms with Crippen LogP contribution in [0.2, 0.25) is 0 Å². The van der Waals surface area contributed by atoms with E-state index in [4.69, 9.17) is 4.74 Å². The molecule has 3 heteroatoms. The van der Waals surface area contributed by atoms with Gasteiger partial charge in [0.1, 0.15) is 6.61 Å². The zero-order chi connectivity index (χ0) is 14.4. The average Bonchev–Trinajstić information content (AvgIpc) is 2.27. The molecule has 1 unspecified atom stereocenters. The molecule has 0 spiro atoms. The van der Waals surface area contributed by atoms with Gasteiger partial charge < -0.3 is 9.64 Å². The molecule has 0 saturated heterocycles. The Morgan fingerprint density at radius 1 is 1.11 bits per heavy atom. The second kappa shape index (κ2) is 7.13. The summed E-state index contributed by atoms with van der Waals surface area (Å²) in [5.74, 6) is -0.0478. The standard InChI is InChI=1S/C15H31NO2/c1-8-14(3,4)12-15(5,9-2)13(17)18-11-10-16(6)7/h8-12H2,1-7H3. The van der Waals surface area contributed by atoms with Crippen molar-refractivity contribution in [2.45, 2.75) is 53.9 Å². The topological polar surface area (TPSA) is 29.5 Å². The monoisotopic (exact) mass is 257 g/mol. The van der Waals surface area contributed by atoms with Crippen LogP contribution in [0.25, 0.3) is 0 Å². The van der Waals surface area contributed by atoms with Crippen molar-refractivity contribution >= 4 is 5.97 Å². The molecule has 0 aromatic carbocycles. The molecular formula is C15H31NO2. The molecule has 0 aliphatic rings. The highest BCUT2D eigenvalue weighted by Crippen LogP contribution is 2.39. The third-order valence-electron chi connectivity index (χ3n) is 3.87. The average molecular weight is 257 g/mol. The van der Waals surface area contributed by atoms with Crippen LogP contribution in [-0.2, 0) is 9.53 Å². The predicted molar refractivity (Wildman–Crippen MR) is 76.6 cm³/mol. The van der Waals surface area contributed by atoms with E-state index in [-0.39, 0.29) is 16.8 Å². The third kappa shape index (κ3) is 5.85. The molecule has 0 aromatic heterocycles. The van der Waals surface area contributed by atoms with Gasteiger partial charge in [0.2, 0.25) is 0 Å². The van der Waals surface area contributed by atoms with Crippen LogP contribution in [0.1, 0.15) is 53.9 Å². The fourth-order valence-corrected chi connectivity index (χ4v) is 2.02. The van der Waals surface area contributed by atoms with E-state index in [1.165, 1.54) is 0 Å². The van der Waals surface area contributed by atoms with Crippen molar-refractivity contribution < 1.29 is 9.53 Å². The molecule has 0 fully saturated rings. The minimum atomic E-state index is -0.355. The molecule has 3 nitrogen and oxygen atoms in total. The van der Waals surface area contributed by atoms with E-state index in [0.717, 1.165) is 25.8 Å². The molecule has 1 atom stereocenters. The van der Waals surface area contributed by atoms with Crippen LogP contribution in [0.15, 0.2) is 0 Å². The predicted octanol–water partition coefficient (Wildman–Crippen LogP) is 3.33. The van der Waals surface area contributed by atoms with E-state index in [1.807, 2.05) is 25.9 Å². The minimum absolute atomic E-state index is 0.0478. The number of likely N-dealkylation sites (N-methyl/N-ethyl adjacent to an activating group) is 1. The van der Waals surface area contributed by atoms with Gasteiger partial charge in [0.25, 0.3) is 0 Å². The van der Waals surface area contributed by atoms with Gasteiger partial charge in [-0.15, -0.1) is 0 Å². The van der Waals surface area contributed by atoms with E-state index in [1.54, 1.807) is 0 Å². The number of carbonyl (C=O) groups is 1. The Bertz CT molecular complexity index is 261. The van der Waals surface area contributed by atoms with Crippen LogP contribution in [-0.4, -0.2) is 38.1 Å². The molecular weight excluding hydrogens is 226 g/mol. The highest BCUT2D eigenvalue weighted by atomic mass is 16.5. The van der Waals surface area contributed by atoms with Gasteiger partial charge in [0.15, 0.2) is 0 Å². The summed E-state index contributed by atoms with van der Waals surface area (Å²) in [5, 5.41) is 0. The van der Waals surface area contributed by atoms with Crippen LogP contribution >= 0.6 is 0 Å². The van der Waals surface area contributed by atoms with Crippen molar-refractivity contribution in [3.05, 3.63) is 0 Å². The summed E-state index contributed by atoms with van der Waals surface area (Å²) in [6, 6.07) is 0. The smallest absolute Gasteiger partial charge is 0.311 e. The Balaban J connectivity index is 4.48. The molecule has 0 saturated carbocycles. The summed E-state index contributed by atoms with van der Waals surface area (Å²) >= 11 is 0. The first-order valence-corrected chi connectivity index (χ1v) is 6.99. The van der Waals surface area contributed by atoms with Gasteiger partial charge in [-0.3, -0.25) is 4.79 Å². The first-order chi connectivity index (χ1) is 8.17. The lowest BCUT2D eigenvalue weighted by Crippen LogP contribution is -2.35. The Morgan fingerprint density at radius 2 is 1.67 bits per heavy atom. The molecule has 0 N–H and O–H groups in total. The van der Waals surface area contributed by atoms with Crippen LogP contribution in [0.5, 0.6) is 0 Å². The maximum atomic E-state index is 12.2. The third-order valence-corrected chi connectivity index (χ3v) is 3.87. The molecule has 0 aliphatic heterocycles. The molecule has 0 aliphatic carbocycles. The van der Waals surface area contributed by atoms with Gasteiger partial charge in [-0.1, -0.05) is 34.1 Å². The van der Waals surface area contributed by atoms with Gasteiger partial charge in [-0.05, 0) is 39.3 Å². The first-order valence-electron chi connectivity index (χ1n) is 6.99. The van der Waals surface area contributed by atoms with E-state index >= 15 is 0 Å². The van der Waals surface area contributed by atoms with Crippen LogP contribution in [0.3, 0.4) is 0 Å². The number of carbonyl (C=O) groups excluding carboxylic acids is 1. The van der Waals surface area contributed by atoms with Crippen LogP contribution in [0, 0.1) is 10.8 Å². The van der Waals surface area contributed by atoms with Crippen LogP contribution in [0.4, 0.5) is 0 Å². The molecule has 0 radical (unpaired) electrons. The van der Waals surface area contributed by atoms with E-state index in [9.17, 15) is 4.79 Å². The summed E-state index contributed by atoms with van der Waals surface area (Å²) in [4.78, 5) is 14.3. The Kier molecular flexibility index (Phi) is 6.90.